The number of guanidine groups is 1. The van der Waals surface area contributed by atoms with Crippen LogP contribution >= 0.6 is 12.2 Å². The Morgan fingerprint density at radius 2 is 1.70 bits per heavy atom. The lowest BCUT2D eigenvalue weighted by Crippen LogP contribution is -2.39. The Balaban J connectivity index is 1.73. The van der Waals surface area contributed by atoms with Gasteiger partial charge in [-0.25, -0.2) is 9.97 Å². The Labute approximate surface area is 200 Å². The molecule has 0 aliphatic rings. The molecule has 3 N–H and O–H groups in total. The number of nitrogens with one attached hydrogen (secondary N) is 3. The Bertz CT molecular complexity index is 1090. The van der Waals surface area contributed by atoms with E-state index >= 15 is 0 Å². The number of anilines is 2. The maximum Gasteiger partial charge on any atom is 0.229 e. The van der Waals surface area contributed by atoms with Crippen LogP contribution in [0.2, 0.25) is 0 Å². The van der Waals surface area contributed by atoms with E-state index in [1.54, 1.807) is 7.11 Å². The van der Waals surface area contributed by atoms with Gasteiger partial charge in [-0.05, 0) is 74.3 Å². The van der Waals surface area contributed by atoms with Crippen LogP contribution in [0.5, 0.6) is 5.75 Å². The van der Waals surface area contributed by atoms with Crippen LogP contribution in [0.4, 0.5) is 11.6 Å². The third-order valence-electron chi connectivity index (χ3n) is 4.92. The van der Waals surface area contributed by atoms with Crippen molar-refractivity contribution < 1.29 is 4.74 Å². The number of thiocarbonyl (C=S) groups is 1. The Hall–Kier alpha value is -3.52. The summed E-state index contributed by atoms with van der Waals surface area (Å²) in [6.07, 6.45) is 1.67. The molecule has 3 aromatic rings. The molecule has 0 saturated carbocycles. The average Bonchev–Trinajstić information content (AvgIpc) is 2.79. The van der Waals surface area contributed by atoms with Gasteiger partial charge in [-0.1, -0.05) is 37.3 Å². The number of hydrogen-bond acceptors (Lipinski definition) is 5. The average molecular weight is 463 g/mol. The third kappa shape index (κ3) is 7.54. The van der Waals surface area contributed by atoms with Crippen molar-refractivity contribution in [2.24, 2.45) is 4.99 Å². The van der Waals surface area contributed by atoms with E-state index in [4.69, 9.17) is 21.9 Å². The summed E-state index contributed by atoms with van der Waals surface area (Å²) in [6.45, 7) is 6.53. The largest absolute Gasteiger partial charge is 0.497 e. The maximum absolute atomic E-state index is 5.56. The highest BCUT2D eigenvalue weighted by Crippen LogP contribution is 2.15. The standard InChI is InChI=1S/C25H30N6OS/c1-5-20-8-6-7-9-22(20)29-25(33)31-23(30-24-27-17(2)16-18(3)28-24)26-15-14-19-10-12-21(32-4)13-11-19/h6-13,16H,5,14-15H2,1-4H3,(H3,26,27,28,29,30,31,33). The van der Waals surface area contributed by atoms with E-state index in [9.17, 15) is 0 Å². The molecule has 1 aromatic heterocycles. The molecule has 0 atom stereocenters. The predicted molar refractivity (Wildman–Crippen MR) is 139 cm³/mol. The summed E-state index contributed by atoms with van der Waals surface area (Å²) < 4.78 is 5.22. The van der Waals surface area contributed by atoms with Crippen LogP contribution < -0.4 is 20.7 Å². The van der Waals surface area contributed by atoms with Gasteiger partial charge < -0.3 is 15.4 Å². The molecular weight excluding hydrogens is 432 g/mol. The summed E-state index contributed by atoms with van der Waals surface area (Å²) in [5, 5.41) is 10.1. The molecule has 0 saturated heterocycles. The minimum atomic E-state index is 0.441. The van der Waals surface area contributed by atoms with Gasteiger partial charge >= 0.3 is 0 Å². The number of rotatable bonds is 7. The van der Waals surface area contributed by atoms with E-state index in [1.807, 2.05) is 62.4 Å². The van der Waals surface area contributed by atoms with Gasteiger partial charge in [-0.3, -0.25) is 10.3 Å². The van der Waals surface area contributed by atoms with E-state index in [2.05, 4.69) is 38.9 Å². The number of aromatic nitrogens is 2. The zero-order chi connectivity index (χ0) is 23.6. The van der Waals surface area contributed by atoms with Crippen molar-refractivity contribution in [2.45, 2.75) is 33.6 Å². The molecule has 8 heteroatoms. The number of nitrogens with zero attached hydrogens (tertiary/aromatic N) is 3. The summed E-state index contributed by atoms with van der Waals surface area (Å²) >= 11 is 5.56. The highest BCUT2D eigenvalue weighted by molar-refractivity contribution is 7.80. The number of aliphatic imine (C=N–C) groups is 1. The molecule has 7 nitrogen and oxygen atoms in total. The van der Waals surface area contributed by atoms with E-state index in [0.717, 1.165) is 35.7 Å². The lowest BCUT2D eigenvalue weighted by molar-refractivity contribution is 0.414. The van der Waals surface area contributed by atoms with Crippen molar-refractivity contribution in [2.75, 3.05) is 24.3 Å². The zero-order valence-electron chi connectivity index (χ0n) is 19.5. The SMILES string of the molecule is CCc1ccccc1NC(=S)NC(=NCCc1ccc(OC)cc1)Nc1nc(C)cc(C)n1. The molecule has 0 spiro atoms. The normalized spacial score (nSPS) is 11.1. The highest BCUT2D eigenvalue weighted by atomic mass is 32.1. The molecule has 3 rings (SSSR count). The number of hydrogen-bond donors (Lipinski definition) is 3. The van der Waals surface area contributed by atoms with E-state index in [-0.39, 0.29) is 0 Å². The Morgan fingerprint density at radius 3 is 2.36 bits per heavy atom. The molecular formula is C25H30N6OS. The fourth-order valence-corrected chi connectivity index (χ4v) is 3.51. The van der Waals surface area contributed by atoms with E-state index in [1.165, 1.54) is 11.1 Å². The summed E-state index contributed by atoms with van der Waals surface area (Å²) in [5.41, 5.74) is 5.07. The summed E-state index contributed by atoms with van der Waals surface area (Å²) in [4.78, 5) is 13.6. The first-order valence-electron chi connectivity index (χ1n) is 10.9. The monoisotopic (exact) mass is 462 g/mol. The molecule has 0 radical (unpaired) electrons. The van der Waals surface area contributed by atoms with Crippen molar-refractivity contribution >= 4 is 34.9 Å². The summed E-state index contributed by atoms with van der Waals surface area (Å²) in [7, 11) is 1.66. The van der Waals surface area contributed by atoms with Gasteiger partial charge in [0.1, 0.15) is 5.75 Å². The molecule has 0 aliphatic carbocycles. The van der Waals surface area contributed by atoms with Gasteiger partial charge in [0.25, 0.3) is 0 Å². The van der Waals surface area contributed by atoms with Crippen LogP contribution in [-0.4, -0.2) is 34.7 Å². The van der Waals surface area contributed by atoms with Crippen LogP contribution in [0.15, 0.2) is 59.6 Å². The molecule has 0 unspecified atom stereocenters. The molecule has 0 bridgehead atoms. The fourth-order valence-electron chi connectivity index (χ4n) is 3.30. The number of para-hydroxylation sites is 1. The second kappa shape index (κ2) is 11.9. The van der Waals surface area contributed by atoms with Gasteiger partial charge in [0.2, 0.25) is 11.9 Å². The molecule has 2 aromatic carbocycles. The van der Waals surface area contributed by atoms with Gasteiger partial charge in [0, 0.05) is 23.6 Å². The maximum atomic E-state index is 5.56. The van der Waals surface area contributed by atoms with Gasteiger partial charge in [-0.2, -0.15) is 0 Å². The summed E-state index contributed by atoms with van der Waals surface area (Å²) in [5.74, 6) is 1.79. The van der Waals surface area contributed by atoms with Gasteiger partial charge in [0.05, 0.1) is 7.11 Å². The minimum absolute atomic E-state index is 0.441. The van der Waals surface area contributed by atoms with E-state index < -0.39 is 0 Å². The topological polar surface area (TPSA) is 83.5 Å². The molecule has 0 amide bonds. The Morgan fingerprint density at radius 1 is 1.00 bits per heavy atom. The molecule has 1 heterocycles. The van der Waals surface area contributed by atoms with Gasteiger partial charge in [-0.15, -0.1) is 0 Å². The minimum Gasteiger partial charge on any atom is -0.497 e. The van der Waals surface area contributed by atoms with Crippen LogP contribution in [0.25, 0.3) is 0 Å². The number of benzene rings is 2. The van der Waals surface area contributed by atoms with Crippen LogP contribution in [-0.2, 0) is 12.8 Å². The van der Waals surface area contributed by atoms with Crippen molar-refractivity contribution in [1.29, 1.82) is 0 Å². The molecule has 33 heavy (non-hydrogen) atoms. The van der Waals surface area contributed by atoms with Crippen molar-refractivity contribution in [1.82, 2.24) is 15.3 Å². The van der Waals surface area contributed by atoms with Gasteiger partial charge in [0.15, 0.2) is 5.11 Å². The first-order valence-corrected chi connectivity index (χ1v) is 11.3. The quantitative estimate of drug-likeness (QED) is 0.267. The molecule has 172 valence electrons. The van der Waals surface area contributed by atoms with E-state index in [0.29, 0.717) is 23.6 Å². The van der Waals surface area contributed by atoms with Crippen LogP contribution in [0, 0.1) is 13.8 Å². The smallest absolute Gasteiger partial charge is 0.229 e. The van der Waals surface area contributed by atoms with Crippen LogP contribution in [0.1, 0.15) is 29.4 Å². The molecule has 0 aliphatic heterocycles. The zero-order valence-corrected chi connectivity index (χ0v) is 20.3. The van der Waals surface area contributed by atoms with Crippen molar-refractivity contribution in [3.05, 3.63) is 77.1 Å². The fraction of sp³-hybridized carbons (Fsp3) is 0.280. The molecule has 0 fully saturated rings. The third-order valence-corrected chi connectivity index (χ3v) is 5.12. The van der Waals surface area contributed by atoms with Crippen LogP contribution in [0.3, 0.4) is 0 Å². The van der Waals surface area contributed by atoms with Crippen molar-refractivity contribution in [3.63, 3.8) is 0 Å². The second-order valence-electron chi connectivity index (χ2n) is 7.52. The lowest BCUT2D eigenvalue weighted by atomic mass is 10.1. The lowest BCUT2D eigenvalue weighted by Gasteiger charge is -2.16. The predicted octanol–water partition coefficient (Wildman–Crippen LogP) is 4.66. The first kappa shape index (κ1) is 24.1. The number of methoxy groups -OCH3 is 1. The highest BCUT2D eigenvalue weighted by Gasteiger charge is 2.08. The Kier molecular flexibility index (Phi) is 8.71. The number of aryl methyl sites for hydroxylation is 3. The number of ether oxygens (including phenoxy) is 1. The second-order valence-corrected chi connectivity index (χ2v) is 7.93. The first-order chi connectivity index (χ1) is 16.0. The van der Waals surface area contributed by atoms with Crippen molar-refractivity contribution in [3.8, 4) is 5.75 Å². The summed E-state index contributed by atoms with van der Waals surface area (Å²) in [6, 6.07) is 18.0.